The topological polar surface area (TPSA) is 137 Å². The number of aromatic hydroxyl groups is 1. The molecule has 0 atom stereocenters. The Morgan fingerprint density at radius 3 is 2.62 bits per heavy atom. The Bertz CT molecular complexity index is 859. The van der Waals surface area contributed by atoms with Crippen LogP contribution in [0.5, 0.6) is 5.88 Å². The molecule has 21 heavy (non-hydrogen) atoms. The van der Waals surface area contributed by atoms with Crippen molar-refractivity contribution in [3.63, 3.8) is 0 Å². The highest BCUT2D eigenvalue weighted by Crippen LogP contribution is 2.30. The summed E-state index contributed by atoms with van der Waals surface area (Å²) in [5.41, 5.74) is -1.23. The molecule has 9 nitrogen and oxygen atoms in total. The van der Waals surface area contributed by atoms with Gasteiger partial charge < -0.3 is 10.1 Å². The third-order valence-corrected chi connectivity index (χ3v) is 2.81. The van der Waals surface area contributed by atoms with Crippen LogP contribution in [0, 0.1) is 14.9 Å². The van der Waals surface area contributed by atoms with Gasteiger partial charge in [-0.1, -0.05) is 11.6 Å². The van der Waals surface area contributed by atoms with Crippen LogP contribution in [-0.4, -0.2) is 20.0 Å². The maximum atomic E-state index is 11.5. The summed E-state index contributed by atoms with van der Waals surface area (Å²) in [4.78, 5) is 26.0. The minimum Gasteiger partial charge on any atom is -0.493 e. The van der Waals surface area contributed by atoms with Gasteiger partial charge in [0.25, 0.3) is 11.2 Å². The summed E-state index contributed by atoms with van der Waals surface area (Å²) in [6.07, 6.45) is 0. The number of aromatic nitrogens is 2. The third-order valence-electron chi connectivity index (χ3n) is 2.30. The van der Waals surface area contributed by atoms with E-state index in [0.717, 1.165) is 6.07 Å². The van der Waals surface area contributed by atoms with Crippen LogP contribution >= 0.6 is 23.8 Å². The lowest BCUT2D eigenvalue weighted by Crippen LogP contribution is -2.06. The number of hydrogen-bond acceptors (Lipinski definition) is 7. The van der Waals surface area contributed by atoms with Crippen molar-refractivity contribution in [3.8, 4) is 5.88 Å². The molecule has 1 aromatic heterocycles. The van der Waals surface area contributed by atoms with Crippen molar-refractivity contribution in [2.75, 3.05) is 0 Å². The smallest absolute Gasteiger partial charge is 0.283 e. The Balaban J connectivity index is 2.41. The molecule has 3 N–H and O–H groups in total. The predicted octanol–water partition coefficient (Wildman–Crippen LogP) is 3.12. The second-order valence-electron chi connectivity index (χ2n) is 3.70. The van der Waals surface area contributed by atoms with Crippen LogP contribution in [0.3, 0.4) is 0 Å². The van der Waals surface area contributed by atoms with E-state index in [0.29, 0.717) is 0 Å². The van der Waals surface area contributed by atoms with E-state index in [1.807, 2.05) is 0 Å². The SMILES string of the molecule is O=c1[nH]c(=S)[nH]c(O)c1N=Nc1ccc([N+](=O)[O-])cc1Cl. The van der Waals surface area contributed by atoms with E-state index >= 15 is 0 Å². The number of halogens is 1. The number of benzene rings is 1. The summed E-state index contributed by atoms with van der Waals surface area (Å²) in [5.74, 6) is -0.550. The molecule has 108 valence electrons. The average Bonchev–Trinajstić information content (AvgIpc) is 2.38. The van der Waals surface area contributed by atoms with E-state index < -0.39 is 22.0 Å². The maximum absolute atomic E-state index is 11.5. The number of azo groups is 1. The fourth-order valence-electron chi connectivity index (χ4n) is 1.35. The number of hydrogen-bond donors (Lipinski definition) is 3. The van der Waals surface area contributed by atoms with Crippen LogP contribution in [0.1, 0.15) is 0 Å². The number of nitrogens with one attached hydrogen (secondary N) is 2. The lowest BCUT2D eigenvalue weighted by molar-refractivity contribution is -0.384. The number of rotatable bonds is 3. The molecule has 2 rings (SSSR count). The maximum Gasteiger partial charge on any atom is 0.283 e. The molecule has 0 saturated carbocycles. The molecule has 0 bridgehead atoms. The summed E-state index contributed by atoms with van der Waals surface area (Å²) in [5, 5.41) is 27.3. The van der Waals surface area contributed by atoms with Gasteiger partial charge in [0.2, 0.25) is 11.6 Å². The summed E-state index contributed by atoms with van der Waals surface area (Å²) in [6.45, 7) is 0. The molecule has 0 unspecified atom stereocenters. The molecule has 2 aromatic rings. The van der Waals surface area contributed by atoms with E-state index in [9.17, 15) is 20.0 Å². The molecule has 0 aliphatic rings. The molecule has 1 aromatic carbocycles. The van der Waals surface area contributed by atoms with E-state index in [4.69, 9.17) is 11.6 Å². The van der Waals surface area contributed by atoms with E-state index in [-0.39, 0.29) is 21.2 Å². The zero-order chi connectivity index (χ0) is 15.6. The van der Waals surface area contributed by atoms with Crippen LogP contribution in [0.2, 0.25) is 5.02 Å². The van der Waals surface area contributed by atoms with Gasteiger partial charge in [0.1, 0.15) is 5.69 Å². The zero-order valence-corrected chi connectivity index (χ0v) is 11.6. The average molecular weight is 328 g/mol. The van der Waals surface area contributed by atoms with Crippen LogP contribution in [0.15, 0.2) is 33.2 Å². The Hall–Kier alpha value is -2.59. The highest BCUT2D eigenvalue weighted by molar-refractivity contribution is 7.71. The number of non-ortho nitro benzene ring substituents is 1. The monoisotopic (exact) mass is 327 g/mol. The lowest BCUT2D eigenvalue weighted by Gasteiger charge is -1.98. The Kier molecular flexibility index (Phi) is 4.10. The molecule has 0 amide bonds. The van der Waals surface area contributed by atoms with Crippen molar-refractivity contribution in [1.82, 2.24) is 9.97 Å². The minimum atomic E-state index is -0.738. The van der Waals surface area contributed by atoms with E-state index in [2.05, 4.69) is 32.4 Å². The van der Waals surface area contributed by atoms with Gasteiger partial charge in [0.15, 0.2) is 4.77 Å². The summed E-state index contributed by atoms with van der Waals surface area (Å²) < 4.78 is -0.0650. The first-order chi connectivity index (χ1) is 9.88. The van der Waals surface area contributed by atoms with Crippen molar-refractivity contribution in [3.05, 3.63) is 48.5 Å². The van der Waals surface area contributed by atoms with Gasteiger partial charge >= 0.3 is 0 Å². The molecule has 0 aliphatic heterocycles. The highest BCUT2D eigenvalue weighted by atomic mass is 35.5. The quantitative estimate of drug-likeness (QED) is 0.344. The summed E-state index contributed by atoms with van der Waals surface area (Å²) in [7, 11) is 0. The van der Waals surface area contributed by atoms with Gasteiger partial charge in [0, 0.05) is 12.1 Å². The molecule has 0 saturated heterocycles. The molecule has 1 heterocycles. The van der Waals surface area contributed by atoms with Gasteiger partial charge in [-0.25, -0.2) is 0 Å². The zero-order valence-electron chi connectivity index (χ0n) is 10.0. The largest absolute Gasteiger partial charge is 0.493 e. The normalized spacial score (nSPS) is 10.9. The van der Waals surface area contributed by atoms with Gasteiger partial charge in [-0.05, 0) is 18.3 Å². The molecular weight excluding hydrogens is 322 g/mol. The van der Waals surface area contributed by atoms with Crippen molar-refractivity contribution >= 4 is 40.9 Å². The lowest BCUT2D eigenvalue weighted by atomic mass is 10.3. The molecule has 11 heteroatoms. The fraction of sp³-hybridized carbons (Fsp3) is 0. The second-order valence-corrected chi connectivity index (χ2v) is 4.51. The standard InChI is InChI=1S/C10H6ClN5O4S/c11-5-3-4(16(19)20)1-2-6(5)14-15-7-8(17)12-10(21)13-9(7)18/h1-3H,(H3,12,13,17,18,21). The van der Waals surface area contributed by atoms with Crippen LogP contribution in [-0.2, 0) is 0 Å². The van der Waals surface area contributed by atoms with Crippen molar-refractivity contribution in [2.45, 2.75) is 0 Å². The summed E-state index contributed by atoms with van der Waals surface area (Å²) >= 11 is 10.5. The van der Waals surface area contributed by atoms with Gasteiger partial charge in [0.05, 0.1) is 9.95 Å². The van der Waals surface area contributed by atoms with Gasteiger partial charge in [-0.2, -0.15) is 0 Å². The first-order valence-electron chi connectivity index (χ1n) is 5.29. The number of aromatic amines is 2. The molecular formula is C10H6ClN5O4S. The number of nitro benzene ring substituents is 1. The number of nitrogens with zero attached hydrogens (tertiary/aromatic N) is 3. The van der Waals surface area contributed by atoms with E-state index in [1.54, 1.807) is 0 Å². The van der Waals surface area contributed by atoms with Gasteiger partial charge in [-0.15, -0.1) is 10.2 Å². The Morgan fingerprint density at radius 2 is 2.05 bits per heavy atom. The third kappa shape index (κ3) is 3.30. The first kappa shape index (κ1) is 14.8. The Labute approximate surface area is 126 Å². The Morgan fingerprint density at radius 1 is 1.33 bits per heavy atom. The predicted molar refractivity (Wildman–Crippen MR) is 76.2 cm³/mol. The molecule has 0 spiro atoms. The van der Waals surface area contributed by atoms with Gasteiger partial charge in [-0.3, -0.25) is 19.9 Å². The van der Waals surface area contributed by atoms with Crippen LogP contribution in [0.25, 0.3) is 0 Å². The number of H-pyrrole nitrogens is 2. The van der Waals surface area contributed by atoms with Crippen molar-refractivity contribution in [1.29, 1.82) is 0 Å². The molecule has 0 aliphatic carbocycles. The van der Waals surface area contributed by atoms with Crippen LogP contribution < -0.4 is 5.56 Å². The van der Waals surface area contributed by atoms with Crippen molar-refractivity contribution < 1.29 is 10.0 Å². The fourth-order valence-corrected chi connectivity index (χ4v) is 1.76. The molecule has 0 radical (unpaired) electrons. The minimum absolute atomic E-state index is 0.0206. The van der Waals surface area contributed by atoms with E-state index in [1.165, 1.54) is 12.1 Å². The first-order valence-corrected chi connectivity index (χ1v) is 6.08. The number of nitro groups is 1. The second kappa shape index (κ2) is 5.81. The van der Waals surface area contributed by atoms with Crippen molar-refractivity contribution in [2.24, 2.45) is 10.2 Å². The highest BCUT2D eigenvalue weighted by Gasteiger charge is 2.10. The summed E-state index contributed by atoms with van der Waals surface area (Å²) in [6, 6.07) is 3.54. The van der Waals surface area contributed by atoms with Crippen LogP contribution in [0.4, 0.5) is 17.1 Å². The molecule has 0 fully saturated rings.